The summed E-state index contributed by atoms with van der Waals surface area (Å²) in [6.45, 7) is 12.7. The van der Waals surface area contributed by atoms with Crippen molar-refractivity contribution < 1.29 is 18.9 Å². The van der Waals surface area contributed by atoms with Crippen molar-refractivity contribution in [1.82, 2.24) is 0 Å². The lowest BCUT2D eigenvalue weighted by Gasteiger charge is -2.43. The minimum atomic E-state index is -0.218. The second-order valence-electron chi connectivity index (χ2n) is 7.89. The highest BCUT2D eigenvalue weighted by Gasteiger charge is 2.41. The Labute approximate surface area is 162 Å². The Bertz CT molecular complexity index is 339. The molecule has 1 aliphatic rings. The van der Waals surface area contributed by atoms with Crippen LogP contribution in [0.25, 0.3) is 0 Å². The van der Waals surface area contributed by atoms with Gasteiger partial charge in [-0.3, -0.25) is 0 Å². The van der Waals surface area contributed by atoms with Crippen molar-refractivity contribution in [3.8, 4) is 0 Å². The third kappa shape index (κ3) is 5.68. The van der Waals surface area contributed by atoms with Crippen molar-refractivity contribution in [2.45, 2.75) is 47.2 Å². The molecule has 0 aromatic rings. The third-order valence-corrected chi connectivity index (χ3v) is 7.86. The average Bonchev–Trinajstić information content (AvgIpc) is 2.48. The zero-order chi connectivity index (χ0) is 17.0. The summed E-state index contributed by atoms with van der Waals surface area (Å²) < 4.78 is 25.5. The highest BCUT2D eigenvalue weighted by molar-refractivity contribution is 14.1. The van der Waals surface area contributed by atoms with Gasteiger partial charge in [0.2, 0.25) is 0 Å². The summed E-state index contributed by atoms with van der Waals surface area (Å²) in [4.78, 5) is 0. The second kappa shape index (κ2) is 8.60. The molecule has 1 atom stereocenters. The van der Waals surface area contributed by atoms with Gasteiger partial charge in [0, 0.05) is 32.2 Å². The quantitative estimate of drug-likeness (QED) is 0.262. The molecular formula is C16H30I2O4. The van der Waals surface area contributed by atoms with Gasteiger partial charge in [-0.25, -0.2) is 0 Å². The Balaban J connectivity index is 2.54. The highest BCUT2D eigenvalue weighted by atomic mass is 127. The van der Waals surface area contributed by atoms with E-state index in [0.29, 0.717) is 19.8 Å². The Morgan fingerprint density at radius 2 is 1.68 bits per heavy atom. The number of hydrogen-bond acceptors (Lipinski definition) is 4. The minimum Gasteiger partial charge on any atom is -0.355 e. The fourth-order valence-electron chi connectivity index (χ4n) is 2.19. The molecule has 0 bridgehead atoms. The van der Waals surface area contributed by atoms with Gasteiger partial charge in [-0.1, -0.05) is 79.8 Å². The summed E-state index contributed by atoms with van der Waals surface area (Å²) in [7, 11) is 1.70. The van der Waals surface area contributed by atoms with Crippen molar-refractivity contribution in [3.05, 3.63) is 0 Å². The Morgan fingerprint density at radius 3 is 2.09 bits per heavy atom. The lowest BCUT2D eigenvalue weighted by atomic mass is 9.90. The summed E-state index contributed by atoms with van der Waals surface area (Å²) in [5, 5.41) is 0. The van der Waals surface area contributed by atoms with Gasteiger partial charge in [-0.2, -0.15) is 0 Å². The van der Waals surface area contributed by atoms with Crippen LogP contribution in [0.5, 0.6) is 0 Å². The predicted octanol–water partition coefficient (Wildman–Crippen LogP) is 4.28. The first-order valence-corrected chi connectivity index (χ1v) is 10.6. The first-order chi connectivity index (χ1) is 10.1. The van der Waals surface area contributed by atoms with Gasteiger partial charge in [-0.05, 0) is 0 Å². The molecule has 1 saturated heterocycles. The van der Waals surface area contributed by atoms with Crippen LogP contribution < -0.4 is 0 Å². The van der Waals surface area contributed by atoms with Crippen LogP contribution in [0, 0.1) is 16.2 Å². The summed E-state index contributed by atoms with van der Waals surface area (Å²) in [6, 6.07) is 0. The standard InChI is InChI=1S/C16H30I2O4/c1-14(2,7-17)12(19-6)20-9-16(5)10-21-13(22-11-16)15(3,4)8-18/h12-13H,7-11H2,1-6H3. The van der Waals surface area contributed by atoms with Crippen LogP contribution in [0.1, 0.15) is 34.6 Å². The van der Waals surface area contributed by atoms with Gasteiger partial charge in [-0.15, -0.1) is 0 Å². The molecule has 132 valence electrons. The second-order valence-corrected chi connectivity index (χ2v) is 9.41. The molecule has 0 aromatic heterocycles. The number of hydrogen-bond donors (Lipinski definition) is 0. The smallest absolute Gasteiger partial charge is 0.163 e. The number of rotatable bonds is 8. The molecule has 1 aliphatic heterocycles. The van der Waals surface area contributed by atoms with Gasteiger partial charge in [0.15, 0.2) is 12.6 Å². The van der Waals surface area contributed by atoms with E-state index < -0.39 is 0 Å². The number of alkyl halides is 2. The van der Waals surface area contributed by atoms with Crippen LogP contribution in [-0.4, -0.2) is 48.4 Å². The molecule has 0 saturated carbocycles. The van der Waals surface area contributed by atoms with Crippen LogP contribution in [0.3, 0.4) is 0 Å². The minimum absolute atomic E-state index is 0.0201. The molecule has 4 nitrogen and oxygen atoms in total. The maximum atomic E-state index is 6.05. The van der Waals surface area contributed by atoms with Crippen molar-refractivity contribution in [2.24, 2.45) is 16.2 Å². The van der Waals surface area contributed by atoms with Crippen LogP contribution in [0.15, 0.2) is 0 Å². The highest BCUT2D eigenvalue weighted by Crippen LogP contribution is 2.35. The van der Waals surface area contributed by atoms with Gasteiger partial charge >= 0.3 is 0 Å². The SMILES string of the molecule is COC(OCC1(C)COC(C(C)(C)CI)OC1)C(C)(C)CI. The summed E-state index contributed by atoms with van der Waals surface area (Å²) >= 11 is 4.75. The predicted molar refractivity (Wildman–Crippen MR) is 106 cm³/mol. The first-order valence-electron chi connectivity index (χ1n) is 7.60. The van der Waals surface area contributed by atoms with E-state index in [4.69, 9.17) is 18.9 Å². The maximum Gasteiger partial charge on any atom is 0.163 e. The van der Waals surface area contributed by atoms with Crippen LogP contribution >= 0.6 is 45.2 Å². The number of halogens is 2. The van der Waals surface area contributed by atoms with Gasteiger partial charge in [0.1, 0.15) is 0 Å². The fraction of sp³-hybridized carbons (Fsp3) is 1.00. The van der Waals surface area contributed by atoms with E-state index in [0.717, 1.165) is 8.86 Å². The molecule has 1 rings (SSSR count). The molecular weight excluding hydrogens is 510 g/mol. The fourth-order valence-corrected chi connectivity index (χ4v) is 2.91. The third-order valence-electron chi connectivity index (χ3n) is 3.93. The van der Waals surface area contributed by atoms with Gasteiger partial charge in [0.25, 0.3) is 0 Å². The molecule has 0 aromatic carbocycles. The zero-order valence-electron chi connectivity index (χ0n) is 14.6. The monoisotopic (exact) mass is 540 g/mol. The Morgan fingerprint density at radius 1 is 1.14 bits per heavy atom. The zero-order valence-corrected chi connectivity index (χ0v) is 18.9. The Hall–Kier alpha value is 1.30. The van der Waals surface area contributed by atoms with E-state index in [9.17, 15) is 0 Å². The largest absolute Gasteiger partial charge is 0.355 e. The van der Waals surface area contributed by atoms with E-state index in [2.05, 4.69) is 79.8 Å². The van der Waals surface area contributed by atoms with E-state index in [-0.39, 0.29) is 28.8 Å². The molecule has 1 heterocycles. The summed E-state index contributed by atoms with van der Waals surface area (Å²) in [5.41, 5.74) is -0.120. The first kappa shape index (κ1) is 21.3. The van der Waals surface area contributed by atoms with Crippen molar-refractivity contribution in [1.29, 1.82) is 0 Å². The molecule has 0 radical (unpaired) electrons. The molecule has 6 heteroatoms. The summed E-state index contributed by atoms with van der Waals surface area (Å²) in [6.07, 6.45) is -0.355. The van der Waals surface area contributed by atoms with E-state index >= 15 is 0 Å². The number of methoxy groups -OCH3 is 1. The Kier molecular flexibility index (Phi) is 8.34. The van der Waals surface area contributed by atoms with Crippen molar-refractivity contribution >= 4 is 45.2 Å². The van der Waals surface area contributed by atoms with E-state index in [1.165, 1.54) is 0 Å². The normalized spacial score (nSPS) is 28.6. The molecule has 0 N–H and O–H groups in total. The lowest BCUT2D eigenvalue weighted by Crippen LogP contribution is -2.49. The van der Waals surface area contributed by atoms with E-state index in [1.807, 2.05) is 0 Å². The molecule has 0 spiro atoms. The molecule has 1 fully saturated rings. The average molecular weight is 540 g/mol. The molecule has 22 heavy (non-hydrogen) atoms. The van der Waals surface area contributed by atoms with Crippen molar-refractivity contribution in [3.63, 3.8) is 0 Å². The van der Waals surface area contributed by atoms with Crippen LogP contribution in [-0.2, 0) is 18.9 Å². The van der Waals surface area contributed by atoms with Crippen LogP contribution in [0.4, 0.5) is 0 Å². The van der Waals surface area contributed by atoms with Crippen LogP contribution in [0.2, 0.25) is 0 Å². The summed E-state index contributed by atoms with van der Waals surface area (Å²) in [5.74, 6) is 0. The van der Waals surface area contributed by atoms with E-state index in [1.54, 1.807) is 7.11 Å². The topological polar surface area (TPSA) is 36.9 Å². The number of ether oxygens (including phenoxy) is 4. The molecule has 0 amide bonds. The van der Waals surface area contributed by atoms with Crippen molar-refractivity contribution in [2.75, 3.05) is 35.8 Å². The van der Waals surface area contributed by atoms with Gasteiger partial charge < -0.3 is 18.9 Å². The lowest BCUT2D eigenvalue weighted by molar-refractivity contribution is -0.280. The maximum absolute atomic E-state index is 6.05. The molecule has 1 unspecified atom stereocenters. The molecule has 0 aliphatic carbocycles. The van der Waals surface area contributed by atoms with Gasteiger partial charge in [0.05, 0.1) is 19.8 Å².